The number of rotatable bonds is 6. The number of hydrogen-bond donors (Lipinski definition) is 0. The topological polar surface area (TPSA) is 23.8 Å². The van der Waals surface area contributed by atoms with Crippen LogP contribution < -0.4 is 9.80 Å². The molecule has 68 heavy (non-hydrogen) atoms. The van der Waals surface area contributed by atoms with E-state index in [9.17, 15) is 0 Å². The van der Waals surface area contributed by atoms with Gasteiger partial charge < -0.3 is 9.47 Å². The first-order valence-corrected chi connectivity index (χ1v) is 24.1. The first kappa shape index (κ1) is 39.0. The van der Waals surface area contributed by atoms with Gasteiger partial charge in [0.05, 0.1) is 16.6 Å². The first-order chi connectivity index (χ1) is 33.5. The molecule has 1 aromatic heterocycles. The minimum Gasteiger partial charge on any atom is -0.330 e. The molecule has 0 saturated heterocycles. The Labute approximate surface area is 396 Å². The maximum Gasteiger partial charge on any atom is 0.155 e. The SMILES string of the molecule is CC1C=CC(c2cccc(N3C(c4ccc5ccccc5c4)=NC3c3ccc(N4c5ccc(-n6c7ccccc7c7ccccc76)cc5C5=Cc6ccccc6CC54C)c4ccccc34)c2)=CC1. The van der Waals surface area contributed by atoms with E-state index in [-0.39, 0.29) is 11.7 Å². The number of fused-ring (bicyclic) bond motifs is 9. The smallest absolute Gasteiger partial charge is 0.155 e. The zero-order chi connectivity index (χ0) is 45.1. The Morgan fingerprint density at radius 3 is 2.10 bits per heavy atom. The Balaban J connectivity index is 0.933. The summed E-state index contributed by atoms with van der Waals surface area (Å²) in [5.41, 5.74) is 17.0. The fourth-order valence-corrected chi connectivity index (χ4v) is 11.9. The van der Waals surface area contributed by atoms with Crippen LogP contribution in [0.15, 0.2) is 217 Å². The number of para-hydroxylation sites is 2. The van der Waals surface area contributed by atoms with Crippen molar-refractivity contribution in [3.05, 3.63) is 246 Å². The molecular weight excluding hydrogens is 825 g/mol. The summed E-state index contributed by atoms with van der Waals surface area (Å²) in [6.45, 7) is 4.74. The van der Waals surface area contributed by atoms with E-state index in [0.29, 0.717) is 5.92 Å². The molecule has 10 aromatic rings. The van der Waals surface area contributed by atoms with Crippen LogP contribution in [0.4, 0.5) is 17.1 Å². The van der Waals surface area contributed by atoms with Crippen LogP contribution in [0.5, 0.6) is 0 Å². The van der Waals surface area contributed by atoms with E-state index < -0.39 is 0 Å². The van der Waals surface area contributed by atoms with Gasteiger partial charge in [0.25, 0.3) is 0 Å². The highest BCUT2D eigenvalue weighted by molar-refractivity contribution is 6.17. The van der Waals surface area contributed by atoms with E-state index in [0.717, 1.165) is 29.9 Å². The average molecular weight is 873 g/mol. The molecule has 9 aromatic carbocycles. The molecule has 4 aliphatic rings. The van der Waals surface area contributed by atoms with Gasteiger partial charge in [-0.15, -0.1) is 0 Å². The minimum atomic E-state index is -0.342. The normalized spacial score (nSPS) is 19.4. The lowest BCUT2D eigenvalue weighted by molar-refractivity contribution is 0.596. The summed E-state index contributed by atoms with van der Waals surface area (Å²) >= 11 is 0. The van der Waals surface area contributed by atoms with Crippen molar-refractivity contribution in [1.29, 1.82) is 0 Å². The molecule has 0 spiro atoms. The number of nitrogens with zero attached hydrogens (tertiary/aromatic N) is 4. The van der Waals surface area contributed by atoms with E-state index in [1.54, 1.807) is 0 Å². The molecule has 3 unspecified atom stereocenters. The molecule has 0 fully saturated rings. The number of aliphatic imine (C=N–C) groups is 1. The third-order valence-electron chi connectivity index (χ3n) is 15.3. The van der Waals surface area contributed by atoms with E-state index in [1.807, 2.05) is 0 Å². The van der Waals surface area contributed by atoms with Crippen LogP contribution in [-0.4, -0.2) is 15.9 Å². The highest BCUT2D eigenvalue weighted by Gasteiger charge is 2.48. The van der Waals surface area contributed by atoms with Crippen LogP contribution in [-0.2, 0) is 6.42 Å². The summed E-state index contributed by atoms with van der Waals surface area (Å²) in [7, 11) is 0. The van der Waals surface area contributed by atoms with Gasteiger partial charge in [-0.1, -0.05) is 165 Å². The lowest BCUT2D eigenvalue weighted by Crippen LogP contribution is -2.44. The Hall–Kier alpha value is -8.21. The maximum absolute atomic E-state index is 5.56. The van der Waals surface area contributed by atoms with Crippen LogP contribution in [0, 0.1) is 5.92 Å². The van der Waals surface area contributed by atoms with Gasteiger partial charge in [0.15, 0.2) is 6.17 Å². The van der Waals surface area contributed by atoms with Crippen molar-refractivity contribution in [2.45, 2.75) is 38.4 Å². The van der Waals surface area contributed by atoms with Crippen LogP contribution in [0.3, 0.4) is 0 Å². The summed E-state index contributed by atoms with van der Waals surface area (Å²) in [6.07, 6.45) is 11.2. The second-order valence-corrected chi connectivity index (χ2v) is 19.4. The third-order valence-corrected chi connectivity index (χ3v) is 15.3. The fourth-order valence-electron chi connectivity index (χ4n) is 11.9. The molecule has 2 aliphatic heterocycles. The third kappa shape index (κ3) is 5.83. The quantitative estimate of drug-likeness (QED) is 0.166. The van der Waals surface area contributed by atoms with Crippen molar-refractivity contribution < 1.29 is 0 Å². The molecular formula is C64H48N4. The Morgan fingerprint density at radius 1 is 0.574 bits per heavy atom. The van der Waals surface area contributed by atoms with Crippen LogP contribution >= 0.6 is 0 Å². The van der Waals surface area contributed by atoms with Gasteiger partial charge in [0, 0.05) is 62.0 Å². The van der Waals surface area contributed by atoms with E-state index in [1.165, 1.54) is 99.4 Å². The molecule has 2 aliphatic carbocycles. The average Bonchev–Trinajstić information content (AvgIpc) is 3.83. The van der Waals surface area contributed by atoms with Crippen molar-refractivity contribution in [3.63, 3.8) is 0 Å². The summed E-state index contributed by atoms with van der Waals surface area (Å²) in [4.78, 5) is 10.7. The van der Waals surface area contributed by atoms with Crippen molar-refractivity contribution in [2.24, 2.45) is 10.9 Å². The molecule has 3 heterocycles. The number of hydrogen-bond acceptors (Lipinski definition) is 3. The number of allylic oxidation sites excluding steroid dienone is 4. The van der Waals surface area contributed by atoms with Crippen molar-refractivity contribution in [1.82, 2.24) is 4.57 Å². The molecule has 4 heteroatoms. The van der Waals surface area contributed by atoms with Gasteiger partial charge in [-0.05, 0) is 124 Å². The molecule has 0 amide bonds. The molecule has 0 bridgehead atoms. The largest absolute Gasteiger partial charge is 0.330 e. The van der Waals surface area contributed by atoms with E-state index >= 15 is 0 Å². The lowest BCUT2D eigenvalue weighted by Gasteiger charge is -2.43. The number of benzene rings is 9. The van der Waals surface area contributed by atoms with Gasteiger partial charge in [-0.3, -0.25) is 4.90 Å². The monoisotopic (exact) mass is 872 g/mol. The highest BCUT2D eigenvalue weighted by Crippen LogP contribution is 2.57. The molecule has 0 saturated carbocycles. The number of aromatic nitrogens is 1. The summed E-state index contributed by atoms with van der Waals surface area (Å²) in [6, 6.07) is 71.9. The Kier molecular flexibility index (Phi) is 8.55. The van der Waals surface area contributed by atoms with Gasteiger partial charge in [-0.25, -0.2) is 4.99 Å². The highest BCUT2D eigenvalue weighted by atomic mass is 15.4. The van der Waals surface area contributed by atoms with Crippen molar-refractivity contribution >= 4 is 83.5 Å². The fraction of sp³-hybridized carbons (Fsp3) is 0.109. The minimum absolute atomic E-state index is 0.214. The predicted molar refractivity (Wildman–Crippen MR) is 286 cm³/mol. The molecule has 14 rings (SSSR count). The van der Waals surface area contributed by atoms with Crippen LogP contribution in [0.25, 0.3) is 66.3 Å². The van der Waals surface area contributed by atoms with Gasteiger partial charge in [0.2, 0.25) is 0 Å². The Morgan fingerprint density at radius 2 is 1.29 bits per heavy atom. The van der Waals surface area contributed by atoms with E-state index in [4.69, 9.17) is 4.99 Å². The Bertz CT molecular complexity index is 3830. The van der Waals surface area contributed by atoms with Gasteiger partial charge in [0.1, 0.15) is 5.84 Å². The zero-order valence-corrected chi connectivity index (χ0v) is 38.1. The maximum atomic E-state index is 5.56. The van der Waals surface area contributed by atoms with Gasteiger partial charge >= 0.3 is 0 Å². The van der Waals surface area contributed by atoms with Gasteiger partial charge in [-0.2, -0.15) is 0 Å². The molecule has 4 nitrogen and oxygen atoms in total. The second-order valence-electron chi connectivity index (χ2n) is 19.4. The number of amidine groups is 1. The molecule has 3 atom stereocenters. The van der Waals surface area contributed by atoms with Crippen molar-refractivity contribution in [3.8, 4) is 5.69 Å². The second kappa shape index (κ2) is 14.9. The standard InChI is InChI=1S/C64H48N4/c1-41-26-28-43(29-27-41)45-18-13-19-49(37-45)67-62(47-31-30-42-14-3-4-15-44(42)36-47)65-63(67)55-33-35-60(52-21-8-7-20-51(52)55)68-61-34-32-50(66-58-24-11-9-22-53(58)54-23-10-12-25-59(54)66)39-56(61)57-38-46-16-5-6-17-48(46)40-64(57,68)2/h3-26,28-39,41,63H,27,40H2,1-2H3. The zero-order valence-electron chi connectivity index (χ0n) is 38.1. The summed E-state index contributed by atoms with van der Waals surface area (Å²) in [5.74, 6) is 1.55. The molecule has 0 N–H and O–H groups in total. The lowest BCUT2D eigenvalue weighted by atomic mass is 9.77. The summed E-state index contributed by atoms with van der Waals surface area (Å²) in [5, 5.41) is 7.42. The predicted octanol–water partition coefficient (Wildman–Crippen LogP) is 16.0. The molecule has 0 radical (unpaired) electrons. The van der Waals surface area contributed by atoms with E-state index in [2.05, 4.69) is 247 Å². The van der Waals surface area contributed by atoms with Crippen molar-refractivity contribution in [2.75, 3.05) is 9.80 Å². The van der Waals surface area contributed by atoms with Crippen LogP contribution in [0.1, 0.15) is 59.8 Å². The summed E-state index contributed by atoms with van der Waals surface area (Å²) < 4.78 is 2.45. The van der Waals surface area contributed by atoms with Crippen LogP contribution in [0.2, 0.25) is 0 Å². The number of anilines is 3. The molecule has 324 valence electrons. The first-order valence-electron chi connectivity index (χ1n) is 24.1.